The van der Waals surface area contributed by atoms with Crippen molar-refractivity contribution in [2.24, 2.45) is 0 Å². The van der Waals surface area contributed by atoms with Gasteiger partial charge >= 0.3 is 0 Å². The van der Waals surface area contributed by atoms with Crippen LogP contribution >= 0.6 is 0 Å². The van der Waals surface area contributed by atoms with E-state index in [9.17, 15) is 4.39 Å². The number of pyridine rings is 1. The molecule has 5 nitrogen and oxygen atoms in total. The number of hydrogen-bond acceptors (Lipinski definition) is 5. The zero-order valence-electron chi connectivity index (χ0n) is 14.0. The Labute approximate surface area is 142 Å². The standard InChI is InChI=1S/C18H25FN2O3/c19-16-2-1-7-20-17(16)24-15-12-18(23-13-15)5-8-21(9-6-18)14-3-10-22-11-4-14/h1-2,7,14-15H,3-6,8-13H2. The van der Waals surface area contributed by atoms with Gasteiger partial charge in [-0.15, -0.1) is 0 Å². The molecule has 1 atom stereocenters. The lowest BCUT2D eigenvalue weighted by atomic mass is 9.87. The molecule has 24 heavy (non-hydrogen) atoms. The van der Waals surface area contributed by atoms with Crippen molar-refractivity contribution >= 4 is 0 Å². The average Bonchev–Trinajstić information content (AvgIpc) is 3.01. The van der Waals surface area contributed by atoms with E-state index in [0.717, 1.165) is 58.4 Å². The highest BCUT2D eigenvalue weighted by atomic mass is 19.1. The fraction of sp³-hybridized carbons (Fsp3) is 0.722. The van der Waals surface area contributed by atoms with Crippen LogP contribution in [0.25, 0.3) is 0 Å². The van der Waals surface area contributed by atoms with Gasteiger partial charge in [-0.05, 0) is 37.8 Å². The fourth-order valence-corrected chi connectivity index (χ4v) is 4.19. The van der Waals surface area contributed by atoms with Crippen LogP contribution in [0.4, 0.5) is 4.39 Å². The topological polar surface area (TPSA) is 43.8 Å². The first-order valence-corrected chi connectivity index (χ1v) is 8.97. The first-order chi connectivity index (χ1) is 11.7. The molecule has 3 aliphatic rings. The molecule has 0 N–H and O–H groups in total. The van der Waals surface area contributed by atoms with Crippen LogP contribution in [0.5, 0.6) is 5.88 Å². The van der Waals surface area contributed by atoms with Gasteiger partial charge in [-0.1, -0.05) is 0 Å². The zero-order chi connectivity index (χ0) is 16.4. The van der Waals surface area contributed by atoms with E-state index in [1.807, 2.05) is 0 Å². The molecule has 0 amide bonds. The molecule has 0 bridgehead atoms. The Balaban J connectivity index is 1.31. The smallest absolute Gasteiger partial charge is 0.250 e. The van der Waals surface area contributed by atoms with Crippen LogP contribution < -0.4 is 4.74 Å². The van der Waals surface area contributed by atoms with Crippen molar-refractivity contribution in [2.75, 3.05) is 32.9 Å². The molecule has 3 saturated heterocycles. The molecule has 3 aliphatic heterocycles. The Morgan fingerprint density at radius 1 is 1.25 bits per heavy atom. The van der Waals surface area contributed by atoms with Crippen LogP contribution in [0.15, 0.2) is 18.3 Å². The van der Waals surface area contributed by atoms with Gasteiger partial charge in [0.15, 0.2) is 5.82 Å². The van der Waals surface area contributed by atoms with E-state index in [-0.39, 0.29) is 17.6 Å². The second kappa shape index (κ2) is 6.94. The average molecular weight is 336 g/mol. The Morgan fingerprint density at radius 3 is 2.79 bits per heavy atom. The predicted molar refractivity (Wildman–Crippen MR) is 86.6 cm³/mol. The Morgan fingerprint density at radius 2 is 2.04 bits per heavy atom. The number of ether oxygens (including phenoxy) is 3. The van der Waals surface area contributed by atoms with E-state index in [0.29, 0.717) is 12.6 Å². The number of rotatable bonds is 3. The second-order valence-corrected chi connectivity index (χ2v) is 7.11. The van der Waals surface area contributed by atoms with Gasteiger partial charge in [0.2, 0.25) is 0 Å². The number of hydrogen-bond donors (Lipinski definition) is 0. The summed E-state index contributed by atoms with van der Waals surface area (Å²) in [6.07, 6.45) is 6.59. The van der Waals surface area contributed by atoms with Gasteiger partial charge < -0.3 is 14.2 Å². The molecule has 0 saturated carbocycles. The number of aromatic nitrogens is 1. The quantitative estimate of drug-likeness (QED) is 0.848. The van der Waals surface area contributed by atoms with Crippen LogP contribution in [0, 0.1) is 5.82 Å². The molecule has 6 heteroatoms. The summed E-state index contributed by atoms with van der Waals surface area (Å²) >= 11 is 0. The van der Waals surface area contributed by atoms with Crippen molar-refractivity contribution in [3.05, 3.63) is 24.1 Å². The summed E-state index contributed by atoms with van der Waals surface area (Å²) in [5.74, 6) is -0.324. The van der Waals surface area contributed by atoms with Crippen LogP contribution in [0.1, 0.15) is 32.1 Å². The lowest BCUT2D eigenvalue weighted by molar-refractivity contribution is -0.0616. The minimum Gasteiger partial charge on any atom is -0.470 e. The lowest BCUT2D eigenvalue weighted by Gasteiger charge is -2.43. The van der Waals surface area contributed by atoms with Crippen molar-refractivity contribution in [3.63, 3.8) is 0 Å². The van der Waals surface area contributed by atoms with Crippen molar-refractivity contribution < 1.29 is 18.6 Å². The van der Waals surface area contributed by atoms with Crippen LogP contribution in [-0.4, -0.2) is 60.5 Å². The van der Waals surface area contributed by atoms with Crippen molar-refractivity contribution in [1.82, 2.24) is 9.88 Å². The molecule has 0 aromatic carbocycles. The predicted octanol–water partition coefficient (Wildman–Crippen LogP) is 2.40. The number of nitrogens with zero attached hydrogens (tertiary/aromatic N) is 2. The Bertz CT molecular complexity index is 557. The lowest BCUT2D eigenvalue weighted by Crippen LogP contribution is -2.49. The van der Waals surface area contributed by atoms with E-state index in [1.165, 1.54) is 6.07 Å². The third kappa shape index (κ3) is 3.41. The van der Waals surface area contributed by atoms with Gasteiger partial charge in [-0.3, -0.25) is 4.90 Å². The second-order valence-electron chi connectivity index (χ2n) is 7.11. The van der Waals surface area contributed by atoms with Gasteiger partial charge in [0.25, 0.3) is 5.88 Å². The van der Waals surface area contributed by atoms with Crippen LogP contribution in [-0.2, 0) is 9.47 Å². The molecule has 1 aromatic rings. The molecule has 4 rings (SSSR count). The van der Waals surface area contributed by atoms with Gasteiger partial charge in [0, 0.05) is 45.0 Å². The number of piperidine rings is 1. The Hall–Kier alpha value is -1.24. The monoisotopic (exact) mass is 336 g/mol. The maximum absolute atomic E-state index is 13.7. The zero-order valence-corrected chi connectivity index (χ0v) is 14.0. The third-order valence-corrected chi connectivity index (χ3v) is 5.59. The van der Waals surface area contributed by atoms with Crippen molar-refractivity contribution in [1.29, 1.82) is 0 Å². The van der Waals surface area contributed by atoms with E-state index in [2.05, 4.69) is 9.88 Å². The van der Waals surface area contributed by atoms with Crippen LogP contribution in [0.3, 0.4) is 0 Å². The summed E-state index contributed by atoms with van der Waals surface area (Å²) in [7, 11) is 0. The third-order valence-electron chi connectivity index (χ3n) is 5.59. The van der Waals surface area contributed by atoms with Gasteiger partial charge in [0.05, 0.1) is 12.2 Å². The largest absolute Gasteiger partial charge is 0.470 e. The molecule has 0 aliphatic carbocycles. The first kappa shape index (κ1) is 16.2. The number of halogens is 1. The van der Waals surface area contributed by atoms with Crippen molar-refractivity contribution in [3.8, 4) is 5.88 Å². The highest BCUT2D eigenvalue weighted by molar-refractivity contribution is 5.13. The van der Waals surface area contributed by atoms with Crippen molar-refractivity contribution in [2.45, 2.75) is 49.9 Å². The first-order valence-electron chi connectivity index (χ1n) is 8.97. The maximum atomic E-state index is 13.7. The minimum absolute atomic E-state index is 0.0859. The maximum Gasteiger partial charge on any atom is 0.250 e. The summed E-state index contributed by atoms with van der Waals surface area (Å²) in [5, 5.41) is 0. The van der Waals surface area contributed by atoms with Gasteiger partial charge in [-0.2, -0.15) is 0 Å². The highest BCUT2D eigenvalue weighted by Gasteiger charge is 2.44. The van der Waals surface area contributed by atoms with E-state index < -0.39 is 5.82 Å². The van der Waals surface area contributed by atoms with Crippen LogP contribution in [0.2, 0.25) is 0 Å². The molecule has 1 aromatic heterocycles. The number of likely N-dealkylation sites (tertiary alicyclic amines) is 1. The summed E-state index contributed by atoms with van der Waals surface area (Å²) in [4.78, 5) is 6.56. The molecule has 132 valence electrons. The summed E-state index contributed by atoms with van der Waals surface area (Å²) in [6, 6.07) is 3.60. The SMILES string of the molecule is Fc1cccnc1OC1COC2(CCN(C3CCOCC3)CC2)C1. The summed E-state index contributed by atoms with van der Waals surface area (Å²) < 4.78 is 31.0. The molecule has 1 unspecified atom stereocenters. The fourth-order valence-electron chi connectivity index (χ4n) is 4.19. The van der Waals surface area contributed by atoms with Gasteiger partial charge in [-0.25, -0.2) is 9.37 Å². The molecular formula is C18H25FN2O3. The molecule has 1 spiro atoms. The molecule has 3 fully saturated rings. The van der Waals surface area contributed by atoms with E-state index >= 15 is 0 Å². The van der Waals surface area contributed by atoms with Gasteiger partial charge in [0.1, 0.15) is 6.10 Å². The molecular weight excluding hydrogens is 311 g/mol. The summed E-state index contributed by atoms with van der Waals surface area (Å²) in [5.41, 5.74) is -0.0996. The normalized spacial score (nSPS) is 28.3. The molecule has 4 heterocycles. The minimum atomic E-state index is -0.409. The Kier molecular flexibility index (Phi) is 4.70. The highest BCUT2D eigenvalue weighted by Crippen LogP contribution is 2.38. The summed E-state index contributed by atoms with van der Waals surface area (Å²) in [6.45, 7) is 4.42. The van der Waals surface area contributed by atoms with E-state index in [1.54, 1.807) is 12.3 Å². The molecule has 0 radical (unpaired) electrons. The van der Waals surface area contributed by atoms with E-state index in [4.69, 9.17) is 14.2 Å².